The third-order valence-electron chi connectivity index (χ3n) is 5.05. The second kappa shape index (κ2) is 6.22. The number of hydrogen-bond donors (Lipinski definition) is 1. The Bertz CT molecular complexity index is 222. The monoisotopic (exact) mass is 237 g/mol. The first kappa shape index (κ1) is 13.4. The Kier molecular flexibility index (Phi) is 4.90. The van der Waals surface area contributed by atoms with Crippen molar-refractivity contribution in [2.45, 2.75) is 71.8 Å². The highest BCUT2D eigenvalue weighted by Gasteiger charge is 2.30. The maximum absolute atomic E-state index is 3.76. The van der Waals surface area contributed by atoms with Gasteiger partial charge in [-0.15, -0.1) is 0 Å². The highest BCUT2D eigenvalue weighted by atomic mass is 14.9. The minimum absolute atomic E-state index is 0.888. The van der Waals surface area contributed by atoms with Crippen molar-refractivity contribution in [3.05, 3.63) is 0 Å². The molecule has 0 aliphatic heterocycles. The van der Waals surface area contributed by atoms with Gasteiger partial charge in [0, 0.05) is 6.04 Å². The van der Waals surface area contributed by atoms with E-state index in [2.05, 4.69) is 26.1 Å². The van der Waals surface area contributed by atoms with E-state index in [4.69, 9.17) is 0 Å². The van der Waals surface area contributed by atoms with Gasteiger partial charge in [0.1, 0.15) is 0 Å². The number of rotatable bonds is 6. The molecule has 0 saturated heterocycles. The van der Waals surface area contributed by atoms with Gasteiger partial charge in [0.2, 0.25) is 0 Å². The molecule has 2 fully saturated rings. The summed E-state index contributed by atoms with van der Waals surface area (Å²) in [7, 11) is 0. The van der Waals surface area contributed by atoms with E-state index < -0.39 is 0 Å². The molecule has 0 aromatic heterocycles. The largest absolute Gasteiger partial charge is 0.314 e. The van der Waals surface area contributed by atoms with E-state index in [9.17, 15) is 0 Å². The van der Waals surface area contributed by atoms with Crippen LogP contribution in [-0.4, -0.2) is 12.6 Å². The van der Waals surface area contributed by atoms with Gasteiger partial charge in [0.05, 0.1) is 0 Å². The maximum atomic E-state index is 3.76. The first-order chi connectivity index (χ1) is 8.19. The van der Waals surface area contributed by atoms with Crippen molar-refractivity contribution in [1.82, 2.24) is 5.32 Å². The molecular weight excluding hydrogens is 206 g/mol. The lowest BCUT2D eigenvalue weighted by atomic mass is 9.71. The molecule has 0 aromatic carbocycles. The summed E-state index contributed by atoms with van der Waals surface area (Å²) < 4.78 is 0. The average molecular weight is 237 g/mol. The summed E-state index contributed by atoms with van der Waals surface area (Å²) >= 11 is 0. The third-order valence-corrected chi connectivity index (χ3v) is 5.05. The van der Waals surface area contributed by atoms with Crippen LogP contribution in [0.25, 0.3) is 0 Å². The Labute approximate surface area is 108 Å². The summed E-state index contributed by atoms with van der Waals surface area (Å²) in [5, 5.41) is 3.76. The van der Waals surface area contributed by atoms with Crippen LogP contribution in [0.1, 0.15) is 65.7 Å². The fourth-order valence-electron chi connectivity index (χ4n) is 3.41. The van der Waals surface area contributed by atoms with Crippen molar-refractivity contribution in [2.75, 3.05) is 6.54 Å². The summed E-state index contributed by atoms with van der Waals surface area (Å²) in [5.41, 5.74) is 0. The van der Waals surface area contributed by atoms with Gasteiger partial charge >= 0.3 is 0 Å². The average Bonchev–Trinajstić information content (AvgIpc) is 3.12. The molecule has 0 amide bonds. The predicted molar refractivity (Wildman–Crippen MR) is 75.1 cm³/mol. The zero-order chi connectivity index (χ0) is 12.3. The van der Waals surface area contributed by atoms with Crippen LogP contribution >= 0.6 is 0 Å². The van der Waals surface area contributed by atoms with Crippen LogP contribution in [0.2, 0.25) is 0 Å². The molecule has 2 aliphatic rings. The van der Waals surface area contributed by atoms with Crippen LogP contribution in [0.15, 0.2) is 0 Å². The van der Waals surface area contributed by atoms with Gasteiger partial charge in [-0.05, 0) is 62.3 Å². The minimum Gasteiger partial charge on any atom is -0.314 e. The van der Waals surface area contributed by atoms with Gasteiger partial charge in [0.15, 0.2) is 0 Å². The van der Waals surface area contributed by atoms with Crippen LogP contribution in [0.4, 0.5) is 0 Å². The quantitative estimate of drug-likeness (QED) is 0.729. The van der Waals surface area contributed by atoms with E-state index in [1.807, 2.05) is 0 Å². The molecule has 2 rings (SSSR count). The fourth-order valence-corrected chi connectivity index (χ4v) is 3.41. The zero-order valence-corrected chi connectivity index (χ0v) is 12.0. The van der Waals surface area contributed by atoms with E-state index in [0.717, 1.165) is 29.7 Å². The lowest BCUT2D eigenvalue weighted by molar-refractivity contribution is 0.156. The molecule has 0 radical (unpaired) electrons. The molecule has 1 nitrogen and oxygen atoms in total. The minimum atomic E-state index is 0.888. The molecule has 0 bridgehead atoms. The van der Waals surface area contributed by atoms with Crippen molar-refractivity contribution in [2.24, 2.45) is 23.7 Å². The summed E-state index contributed by atoms with van der Waals surface area (Å²) in [5.74, 6) is 3.87. The number of hydrogen-bond acceptors (Lipinski definition) is 1. The van der Waals surface area contributed by atoms with Gasteiger partial charge in [-0.1, -0.05) is 33.6 Å². The molecular formula is C16H31N. The molecule has 2 aliphatic carbocycles. The van der Waals surface area contributed by atoms with Gasteiger partial charge in [-0.3, -0.25) is 0 Å². The molecule has 1 N–H and O–H groups in total. The lowest BCUT2D eigenvalue weighted by Crippen LogP contribution is -2.34. The maximum Gasteiger partial charge on any atom is 0.00683 e. The lowest BCUT2D eigenvalue weighted by Gasteiger charge is -2.36. The van der Waals surface area contributed by atoms with Crippen LogP contribution in [-0.2, 0) is 0 Å². The van der Waals surface area contributed by atoms with Gasteiger partial charge < -0.3 is 5.32 Å². The van der Waals surface area contributed by atoms with E-state index in [0.29, 0.717) is 0 Å². The standard InChI is InChI=1S/C16H31N/c1-4-12(2)9-15-10-13(3)5-6-14(15)11-17-16-7-8-16/h12-17H,4-11H2,1-3H3. The van der Waals surface area contributed by atoms with Crippen molar-refractivity contribution in [1.29, 1.82) is 0 Å². The van der Waals surface area contributed by atoms with Gasteiger partial charge in [-0.25, -0.2) is 0 Å². The Morgan fingerprint density at radius 2 is 1.88 bits per heavy atom. The number of nitrogens with one attached hydrogen (secondary N) is 1. The molecule has 100 valence electrons. The predicted octanol–water partition coefficient (Wildman–Crippen LogP) is 4.23. The first-order valence-corrected chi connectivity index (χ1v) is 7.92. The highest BCUT2D eigenvalue weighted by molar-refractivity contribution is 4.86. The highest BCUT2D eigenvalue weighted by Crippen LogP contribution is 2.38. The molecule has 17 heavy (non-hydrogen) atoms. The molecule has 2 saturated carbocycles. The molecule has 4 unspecified atom stereocenters. The van der Waals surface area contributed by atoms with Crippen LogP contribution in [0, 0.1) is 23.7 Å². The van der Waals surface area contributed by atoms with E-state index >= 15 is 0 Å². The molecule has 0 spiro atoms. The van der Waals surface area contributed by atoms with Gasteiger partial charge in [0.25, 0.3) is 0 Å². The summed E-state index contributed by atoms with van der Waals surface area (Å²) in [6.07, 6.45) is 10.1. The molecule has 0 aromatic rings. The normalized spacial score (nSPS) is 35.8. The fraction of sp³-hybridized carbons (Fsp3) is 1.00. The van der Waals surface area contributed by atoms with Crippen molar-refractivity contribution >= 4 is 0 Å². The Balaban J connectivity index is 1.80. The zero-order valence-electron chi connectivity index (χ0n) is 12.0. The third kappa shape index (κ3) is 4.28. The second-order valence-electron chi connectivity index (χ2n) is 6.87. The van der Waals surface area contributed by atoms with Crippen molar-refractivity contribution < 1.29 is 0 Å². The molecule has 4 atom stereocenters. The Morgan fingerprint density at radius 3 is 2.53 bits per heavy atom. The summed E-state index contributed by atoms with van der Waals surface area (Å²) in [6, 6.07) is 0.888. The first-order valence-electron chi connectivity index (χ1n) is 7.92. The topological polar surface area (TPSA) is 12.0 Å². The van der Waals surface area contributed by atoms with E-state index in [1.165, 1.54) is 51.5 Å². The molecule has 0 heterocycles. The van der Waals surface area contributed by atoms with Crippen LogP contribution < -0.4 is 5.32 Å². The smallest absolute Gasteiger partial charge is 0.00683 e. The molecule has 1 heteroatoms. The summed E-state index contributed by atoms with van der Waals surface area (Å²) in [6.45, 7) is 8.53. The SMILES string of the molecule is CCC(C)CC1CC(C)CCC1CNC1CC1. The van der Waals surface area contributed by atoms with Crippen LogP contribution in [0.3, 0.4) is 0 Å². The Morgan fingerprint density at radius 1 is 1.12 bits per heavy atom. The van der Waals surface area contributed by atoms with Crippen molar-refractivity contribution in [3.8, 4) is 0 Å². The summed E-state index contributed by atoms with van der Waals surface area (Å²) in [4.78, 5) is 0. The van der Waals surface area contributed by atoms with Crippen molar-refractivity contribution in [3.63, 3.8) is 0 Å². The van der Waals surface area contributed by atoms with Crippen LogP contribution in [0.5, 0.6) is 0 Å². The Hall–Kier alpha value is -0.0400. The van der Waals surface area contributed by atoms with E-state index in [-0.39, 0.29) is 0 Å². The second-order valence-corrected chi connectivity index (χ2v) is 6.87. The van der Waals surface area contributed by atoms with E-state index in [1.54, 1.807) is 0 Å². The van der Waals surface area contributed by atoms with Gasteiger partial charge in [-0.2, -0.15) is 0 Å².